The Hall–Kier alpha value is -2.36. The first-order valence-electron chi connectivity index (χ1n) is 8.97. The van der Waals surface area contributed by atoms with Gasteiger partial charge in [0.15, 0.2) is 0 Å². The summed E-state index contributed by atoms with van der Waals surface area (Å²) in [7, 11) is 1.53. The molecule has 1 aliphatic rings. The molecule has 1 aromatic carbocycles. The summed E-state index contributed by atoms with van der Waals surface area (Å²) < 4.78 is 18.2. The van der Waals surface area contributed by atoms with Gasteiger partial charge in [-0.05, 0) is 26.0 Å². The van der Waals surface area contributed by atoms with Crippen molar-refractivity contribution < 1.29 is 19.0 Å². The highest BCUT2D eigenvalue weighted by Gasteiger charge is 2.22. The number of rotatable bonds is 9. The largest absolute Gasteiger partial charge is 0.494 e. The van der Waals surface area contributed by atoms with Gasteiger partial charge in [-0.25, -0.2) is 4.98 Å². The number of amides is 1. The predicted molar refractivity (Wildman–Crippen MR) is 102 cm³/mol. The number of nitrogens with zero attached hydrogens (tertiary/aromatic N) is 2. The fourth-order valence-corrected chi connectivity index (χ4v) is 3.23. The van der Waals surface area contributed by atoms with Crippen LogP contribution in [-0.2, 0) is 9.47 Å². The maximum Gasteiger partial charge on any atom is 0.248 e. The minimum absolute atomic E-state index is 0.105. The number of aromatic nitrogens is 2. The van der Waals surface area contributed by atoms with Crippen LogP contribution < -0.4 is 21.5 Å². The lowest BCUT2D eigenvalue weighted by molar-refractivity contribution is -0.0736. The third kappa shape index (κ3) is 4.15. The molecular formula is C18H27N5O4. The minimum atomic E-state index is -0.544. The number of benzene rings is 1. The highest BCUT2D eigenvalue weighted by molar-refractivity contribution is 5.98. The molecule has 27 heavy (non-hydrogen) atoms. The summed E-state index contributed by atoms with van der Waals surface area (Å²) in [5, 5.41) is 3.45. The lowest BCUT2D eigenvalue weighted by Gasteiger charge is -2.27. The average molecular weight is 377 g/mol. The van der Waals surface area contributed by atoms with Crippen molar-refractivity contribution in [3.05, 3.63) is 17.7 Å². The molecule has 1 aliphatic heterocycles. The van der Waals surface area contributed by atoms with E-state index < -0.39 is 5.91 Å². The second-order valence-electron chi connectivity index (χ2n) is 6.94. The summed E-state index contributed by atoms with van der Waals surface area (Å²) in [6, 6.07) is 3.32. The first kappa shape index (κ1) is 19.4. The molecule has 1 amide bonds. The number of methoxy groups -OCH3 is 1. The first-order chi connectivity index (χ1) is 12.9. The van der Waals surface area contributed by atoms with Crippen molar-refractivity contribution >= 4 is 22.9 Å². The summed E-state index contributed by atoms with van der Waals surface area (Å²) in [4.78, 5) is 15.9. The maximum atomic E-state index is 11.5. The van der Waals surface area contributed by atoms with E-state index in [4.69, 9.17) is 25.7 Å². The van der Waals surface area contributed by atoms with Crippen LogP contribution in [0, 0.1) is 5.92 Å². The number of nitrogens with one attached hydrogen (secondary N) is 1. The predicted octanol–water partition coefficient (Wildman–Crippen LogP) is 0.886. The Bertz CT molecular complexity index is 818. The lowest BCUT2D eigenvalue weighted by Crippen LogP contribution is -2.38. The average Bonchev–Trinajstić information content (AvgIpc) is 2.91. The molecule has 0 bridgehead atoms. The van der Waals surface area contributed by atoms with Crippen molar-refractivity contribution in [2.75, 3.05) is 39.3 Å². The molecule has 2 heterocycles. The van der Waals surface area contributed by atoms with Crippen LogP contribution >= 0.6 is 0 Å². The molecule has 2 unspecified atom stereocenters. The topological polar surface area (TPSA) is 127 Å². The number of imidazole rings is 1. The van der Waals surface area contributed by atoms with E-state index in [9.17, 15) is 4.79 Å². The third-order valence-electron chi connectivity index (χ3n) is 4.62. The molecule has 2 atom stereocenters. The van der Waals surface area contributed by atoms with Crippen LogP contribution in [0.5, 0.6) is 5.75 Å². The highest BCUT2D eigenvalue weighted by Crippen LogP contribution is 2.31. The monoisotopic (exact) mass is 377 g/mol. The Balaban J connectivity index is 1.76. The molecular weight excluding hydrogens is 350 g/mol. The summed E-state index contributed by atoms with van der Waals surface area (Å²) in [5.41, 5.74) is 13.1. The van der Waals surface area contributed by atoms with E-state index in [0.29, 0.717) is 47.4 Å². The van der Waals surface area contributed by atoms with Gasteiger partial charge in [0, 0.05) is 17.5 Å². The molecule has 1 aromatic heterocycles. The summed E-state index contributed by atoms with van der Waals surface area (Å²) in [5.74, 6) is 0.779. The number of anilines is 1. The van der Waals surface area contributed by atoms with E-state index in [-0.39, 0.29) is 12.2 Å². The molecule has 9 heteroatoms. The molecule has 1 saturated heterocycles. The number of nitrogen functional groups attached to an aromatic ring is 1. The second kappa shape index (κ2) is 8.12. The molecule has 3 rings (SSSR count). The molecule has 0 saturated carbocycles. The Morgan fingerprint density at radius 2 is 2.19 bits per heavy atom. The Morgan fingerprint density at radius 3 is 2.78 bits per heavy atom. The smallest absolute Gasteiger partial charge is 0.248 e. The molecule has 9 nitrogen and oxygen atoms in total. The van der Waals surface area contributed by atoms with Gasteiger partial charge in [0.1, 0.15) is 11.3 Å². The summed E-state index contributed by atoms with van der Waals surface area (Å²) in [6.07, 6.45) is -0.158. The van der Waals surface area contributed by atoms with Crippen LogP contribution in [0.3, 0.4) is 0 Å². The molecule has 1 fully saturated rings. The summed E-state index contributed by atoms with van der Waals surface area (Å²) in [6.45, 7) is 6.88. The number of fused-ring (bicyclic) bond motifs is 1. The number of ether oxygens (including phenoxy) is 3. The van der Waals surface area contributed by atoms with Gasteiger partial charge in [0.05, 0.1) is 45.2 Å². The van der Waals surface area contributed by atoms with E-state index in [0.717, 1.165) is 13.2 Å². The molecule has 5 N–H and O–H groups in total. The van der Waals surface area contributed by atoms with Gasteiger partial charge in [0.25, 0.3) is 0 Å². The molecule has 0 aliphatic carbocycles. The van der Waals surface area contributed by atoms with E-state index in [1.807, 2.05) is 18.4 Å². The zero-order chi connectivity index (χ0) is 19.6. The lowest BCUT2D eigenvalue weighted by atomic mass is 10.1. The zero-order valence-electron chi connectivity index (χ0n) is 15.9. The van der Waals surface area contributed by atoms with E-state index >= 15 is 0 Å². The van der Waals surface area contributed by atoms with Crippen molar-refractivity contribution in [3.8, 4) is 5.75 Å². The standard InChI is InChI=1S/C18H27N5O4/c1-10(6-26-7-12-8-27-9-12)21-11(2)23-16-14(22-18(23)20)4-13(17(19)24)5-15(16)25-3/h4-5,10-12,21H,6-9H2,1-3H3,(H2,19,24)(H2,20,22). The van der Waals surface area contributed by atoms with E-state index in [1.54, 1.807) is 12.1 Å². The molecule has 0 radical (unpaired) electrons. The zero-order valence-corrected chi connectivity index (χ0v) is 15.9. The van der Waals surface area contributed by atoms with Crippen LogP contribution in [-0.4, -0.2) is 55.0 Å². The van der Waals surface area contributed by atoms with E-state index in [2.05, 4.69) is 10.3 Å². The Kier molecular flexibility index (Phi) is 5.83. The van der Waals surface area contributed by atoms with Crippen molar-refractivity contribution in [1.82, 2.24) is 14.9 Å². The minimum Gasteiger partial charge on any atom is -0.494 e. The number of carbonyl (C=O) groups is 1. The van der Waals surface area contributed by atoms with Crippen molar-refractivity contribution in [2.45, 2.75) is 26.1 Å². The van der Waals surface area contributed by atoms with Gasteiger partial charge in [-0.3, -0.25) is 14.7 Å². The maximum absolute atomic E-state index is 11.5. The van der Waals surface area contributed by atoms with Gasteiger partial charge in [0.2, 0.25) is 11.9 Å². The molecule has 0 spiro atoms. The van der Waals surface area contributed by atoms with Gasteiger partial charge < -0.3 is 25.7 Å². The van der Waals surface area contributed by atoms with Crippen LogP contribution in [0.1, 0.15) is 30.4 Å². The quantitative estimate of drug-likeness (QED) is 0.592. The van der Waals surface area contributed by atoms with Crippen molar-refractivity contribution in [3.63, 3.8) is 0 Å². The second-order valence-corrected chi connectivity index (χ2v) is 6.94. The van der Waals surface area contributed by atoms with Gasteiger partial charge >= 0.3 is 0 Å². The normalized spacial score (nSPS) is 16.9. The van der Waals surface area contributed by atoms with Crippen molar-refractivity contribution in [2.24, 2.45) is 11.7 Å². The Labute approximate surface area is 157 Å². The number of nitrogens with two attached hydrogens (primary N) is 2. The first-order valence-corrected chi connectivity index (χ1v) is 8.97. The number of hydrogen-bond donors (Lipinski definition) is 3. The molecule has 2 aromatic rings. The van der Waals surface area contributed by atoms with Crippen LogP contribution in [0.25, 0.3) is 11.0 Å². The van der Waals surface area contributed by atoms with Gasteiger partial charge in [-0.15, -0.1) is 0 Å². The highest BCUT2D eigenvalue weighted by atomic mass is 16.5. The number of carbonyl (C=O) groups excluding carboxylic acids is 1. The van der Waals surface area contributed by atoms with Crippen LogP contribution in [0.15, 0.2) is 12.1 Å². The number of primary amides is 1. The Morgan fingerprint density at radius 1 is 1.44 bits per heavy atom. The number of hydrogen-bond acceptors (Lipinski definition) is 7. The SMILES string of the molecule is COc1cc(C(N)=O)cc2nc(N)n(C(C)NC(C)COCC3COC3)c12. The van der Waals surface area contributed by atoms with Crippen molar-refractivity contribution in [1.29, 1.82) is 0 Å². The van der Waals surface area contributed by atoms with Gasteiger partial charge in [-0.1, -0.05) is 0 Å². The van der Waals surface area contributed by atoms with E-state index in [1.165, 1.54) is 7.11 Å². The fourth-order valence-electron chi connectivity index (χ4n) is 3.23. The van der Waals surface area contributed by atoms with Gasteiger partial charge in [-0.2, -0.15) is 0 Å². The fraction of sp³-hybridized carbons (Fsp3) is 0.556. The third-order valence-corrected chi connectivity index (χ3v) is 4.62. The summed E-state index contributed by atoms with van der Waals surface area (Å²) >= 11 is 0. The van der Waals surface area contributed by atoms with Crippen LogP contribution in [0.2, 0.25) is 0 Å². The van der Waals surface area contributed by atoms with Crippen LogP contribution in [0.4, 0.5) is 5.95 Å². The molecule has 148 valence electrons.